The van der Waals surface area contributed by atoms with E-state index in [1.54, 1.807) is 0 Å². The maximum Gasteiger partial charge on any atom is 0.426 e. The van der Waals surface area contributed by atoms with Crippen molar-refractivity contribution in [3.05, 3.63) is 28.8 Å². The van der Waals surface area contributed by atoms with E-state index in [1.165, 1.54) is 6.21 Å². The predicted octanol–water partition coefficient (Wildman–Crippen LogP) is 7.42. The molecular formula is C27H38F6N2O2. The molecule has 1 aliphatic rings. The molecule has 1 aromatic carbocycles. The van der Waals surface area contributed by atoms with E-state index in [2.05, 4.69) is 9.98 Å². The van der Waals surface area contributed by atoms with Gasteiger partial charge >= 0.3 is 12.4 Å². The Bertz CT molecular complexity index is 1000. The predicted molar refractivity (Wildman–Crippen MR) is 134 cm³/mol. The Morgan fingerprint density at radius 3 is 1.86 bits per heavy atom. The molecule has 0 bridgehead atoms. The molecule has 0 heterocycles. The number of alkyl halides is 6. The Hall–Kier alpha value is -2.10. The van der Waals surface area contributed by atoms with Gasteiger partial charge in [0.2, 0.25) is 0 Å². The summed E-state index contributed by atoms with van der Waals surface area (Å²) >= 11 is 0. The van der Waals surface area contributed by atoms with Crippen molar-refractivity contribution in [2.45, 2.75) is 121 Å². The number of aliphatic imine (C=N–C) groups is 2. The molecule has 4 nitrogen and oxygen atoms in total. The van der Waals surface area contributed by atoms with Crippen molar-refractivity contribution in [2.75, 3.05) is 0 Å². The number of aromatic hydroxyl groups is 1. The van der Waals surface area contributed by atoms with Gasteiger partial charge < -0.3 is 10.2 Å². The van der Waals surface area contributed by atoms with Gasteiger partial charge in [-0.3, -0.25) is 9.98 Å². The van der Waals surface area contributed by atoms with Gasteiger partial charge in [-0.15, -0.1) is 0 Å². The molecular weight excluding hydrogens is 498 g/mol. The van der Waals surface area contributed by atoms with Crippen LogP contribution in [0.1, 0.15) is 97.3 Å². The van der Waals surface area contributed by atoms with Gasteiger partial charge in [0.05, 0.1) is 12.1 Å². The lowest BCUT2D eigenvalue weighted by atomic mass is 9.79. The van der Waals surface area contributed by atoms with Crippen LogP contribution in [0.25, 0.3) is 0 Å². The first-order valence-corrected chi connectivity index (χ1v) is 12.4. The number of hydrogen-bond donors (Lipinski definition) is 2. The van der Waals surface area contributed by atoms with E-state index in [9.17, 15) is 36.6 Å². The first-order valence-electron chi connectivity index (χ1n) is 12.4. The molecule has 0 radical (unpaired) electrons. The smallest absolute Gasteiger partial charge is 0.426 e. The standard InChI is InChI=1S/C27H38F6N2O2/c1-16(14-25(37,26(28,29)30)27(31,32)33)35-21-11-9-8-10-20(21)34-15-17-12-18(23(2,3)4)13-19(22(17)36)24(5,6)7/h12-13,15,20-21,36-37H,8-11,14H2,1-7H3/t20-,21-/m1/s1. The minimum Gasteiger partial charge on any atom is -0.507 e. The minimum absolute atomic E-state index is 0.0803. The number of phenolic OH excluding ortho intramolecular Hbond substituents is 1. The van der Waals surface area contributed by atoms with Crippen LogP contribution in [-0.4, -0.2) is 52.2 Å². The van der Waals surface area contributed by atoms with Gasteiger partial charge in [0.15, 0.2) is 0 Å². The summed E-state index contributed by atoms with van der Waals surface area (Å²) in [7, 11) is 0. The molecule has 2 N–H and O–H groups in total. The maximum atomic E-state index is 13.1. The molecule has 0 spiro atoms. The van der Waals surface area contributed by atoms with Crippen molar-refractivity contribution in [3.8, 4) is 5.75 Å². The van der Waals surface area contributed by atoms with Gasteiger partial charge in [-0.1, -0.05) is 60.5 Å². The number of halogens is 6. The van der Waals surface area contributed by atoms with E-state index in [0.717, 1.165) is 24.5 Å². The average molecular weight is 537 g/mol. The van der Waals surface area contributed by atoms with Crippen LogP contribution in [0.3, 0.4) is 0 Å². The zero-order valence-electron chi connectivity index (χ0n) is 22.5. The van der Waals surface area contributed by atoms with Crippen molar-refractivity contribution in [1.29, 1.82) is 0 Å². The SMILES string of the molecule is CC(CC(O)(C(F)(F)F)C(F)(F)F)=N[C@@H]1CCCC[C@H]1N=Cc1cc(C(C)(C)C)cc(C(C)(C)C)c1O. The molecule has 0 aromatic heterocycles. The molecule has 1 fully saturated rings. The number of benzene rings is 1. The zero-order chi connectivity index (χ0) is 28.6. The van der Waals surface area contributed by atoms with Gasteiger partial charge in [0, 0.05) is 29.5 Å². The van der Waals surface area contributed by atoms with Gasteiger partial charge in [-0.05, 0) is 42.2 Å². The Balaban J connectivity index is 2.42. The minimum atomic E-state index is -5.90. The van der Waals surface area contributed by atoms with Crippen LogP contribution in [0.4, 0.5) is 26.3 Å². The van der Waals surface area contributed by atoms with Crippen molar-refractivity contribution >= 4 is 11.9 Å². The van der Waals surface area contributed by atoms with Crippen molar-refractivity contribution < 1.29 is 36.6 Å². The van der Waals surface area contributed by atoms with Crippen LogP contribution >= 0.6 is 0 Å². The fraction of sp³-hybridized carbons (Fsp3) is 0.704. The first kappa shape index (κ1) is 31.1. The first-order chi connectivity index (χ1) is 16.6. The highest BCUT2D eigenvalue weighted by Gasteiger charge is 2.70. The highest BCUT2D eigenvalue weighted by molar-refractivity contribution is 5.85. The second-order valence-corrected chi connectivity index (χ2v) is 12.1. The molecule has 1 aliphatic carbocycles. The summed E-state index contributed by atoms with van der Waals surface area (Å²) < 4.78 is 78.7. The van der Waals surface area contributed by atoms with Crippen LogP contribution in [0.15, 0.2) is 22.1 Å². The van der Waals surface area contributed by atoms with E-state index >= 15 is 0 Å². The lowest BCUT2D eigenvalue weighted by Gasteiger charge is -2.33. The van der Waals surface area contributed by atoms with Crippen LogP contribution in [0.5, 0.6) is 5.75 Å². The Kier molecular flexibility index (Phi) is 8.90. The second kappa shape index (κ2) is 10.6. The van der Waals surface area contributed by atoms with E-state index in [-0.39, 0.29) is 16.6 Å². The van der Waals surface area contributed by atoms with E-state index in [0.29, 0.717) is 24.8 Å². The average Bonchev–Trinajstić information content (AvgIpc) is 2.70. The fourth-order valence-electron chi connectivity index (χ4n) is 4.41. The molecule has 2 atom stereocenters. The largest absolute Gasteiger partial charge is 0.507 e. The van der Waals surface area contributed by atoms with Crippen LogP contribution in [0.2, 0.25) is 0 Å². The summed E-state index contributed by atoms with van der Waals surface area (Å²) in [4.78, 5) is 8.75. The highest BCUT2D eigenvalue weighted by atomic mass is 19.4. The molecule has 10 heteroatoms. The molecule has 0 aliphatic heterocycles. The molecule has 1 aromatic rings. The topological polar surface area (TPSA) is 65.2 Å². The van der Waals surface area contributed by atoms with E-state index < -0.39 is 42.2 Å². The number of rotatable bonds is 5. The molecule has 0 saturated heterocycles. The third-order valence-electron chi connectivity index (χ3n) is 6.75. The monoisotopic (exact) mass is 536 g/mol. The van der Waals surface area contributed by atoms with Gasteiger partial charge in [0.25, 0.3) is 5.60 Å². The summed E-state index contributed by atoms with van der Waals surface area (Å²) in [6, 6.07) is 2.69. The van der Waals surface area contributed by atoms with Gasteiger partial charge in [0.1, 0.15) is 5.75 Å². The number of aliphatic hydroxyl groups is 1. The summed E-state index contributed by atoms with van der Waals surface area (Å²) in [5.41, 5.74) is -3.65. The summed E-state index contributed by atoms with van der Waals surface area (Å²) in [5.74, 6) is 0.0803. The zero-order valence-corrected chi connectivity index (χ0v) is 22.5. The van der Waals surface area contributed by atoms with E-state index in [1.807, 2.05) is 53.7 Å². The Labute approximate surface area is 214 Å². The summed E-state index contributed by atoms with van der Waals surface area (Å²) in [5, 5.41) is 20.5. The third kappa shape index (κ3) is 7.27. The molecule has 210 valence electrons. The maximum absolute atomic E-state index is 13.1. The van der Waals surface area contributed by atoms with E-state index in [4.69, 9.17) is 0 Å². The summed E-state index contributed by atoms with van der Waals surface area (Å²) in [6.07, 6.45) is -9.49. The third-order valence-corrected chi connectivity index (χ3v) is 6.75. The van der Waals surface area contributed by atoms with Gasteiger partial charge in [-0.25, -0.2) is 0 Å². The number of nitrogens with zero attached hydrogens (tertiary/aromatic N) is 2. The quantitative estimate of drug-likeness (QED) is 0.304. The summed E-state index contributed by atoms with van der Waals surface area (Å²) in [6.45, 7) is 13.1. The number of phenols is 1. The second-order valence-electron chi connectivity index (χ2n) is 12.1. The van der Waals surface area contributed by atoms with Crippen molar-refractivity contribution in [2.24, 2.45) is 9.98 Å². The van der Waals surface area contributed by atoms with Crippen LogP contribution in [0, 0.1) is 0 Å². The molecule has 37 heavy (non-hydrogen) atoms. The van der Waals surface area contributed by atoms with Crippen molar-refractivity contribution in [1.82, 2.24) is 0 Å². The lowest BCUT2D eigenvalue weighted by molar-refractivity contribution is -0.365. The van der Waals surface area contributed by atoms with Crippen LogP contribution in [-0.2, 0) is 10.8 Å². The number of hydrogen-bond acceptors (Lipinski definition) is 4. The Morgan fingerprint density at radius 2 is 1.41 bits per heavy atom. The molecule has 1 saturated carbocycles. The fourth-order valence-corrected chi connectivity index (χ4v) is 4.41. The van der Waals surface area contributed by atoms with Crippen LogP contribution < -0.4 is 0 Å². The lowest BCUT2D eigenvalue weighted by Crippen LogP contribution is -2.57. The Morgan fingerprint density at radius 1 is 0.892 bits per heavy atom. The normalized spacial score (nSPS) is 21.1. The van der Waals surface area contributed by atoms with Crippen molar-refractivity contribution in [3.63, 3.8) is 0 Å². The van der Waals surface area contributed by atoms with Gasteiger partial charge in [-0.2, -0.15) is 26.3 Å². The molecule has 0 amide bonds. The molecule has 0 unspecified atom stereocenters. The highest BCUT2D eigenvalue weighted by Crippen LogP contribution is 2.45. The molecule has 2 rings (SSSR count).